The molecular formula is C36H40N2O8. The van der Waals surface area contributed by atoms with Gasteiger partial charge in [0.25, 0.3) is 0 Å². The molecule has 0 atom stereocenters. The molecular weight excluding hydrogens is 588 g/mol. The fourth-order valence-electron chi connectivity index (χ4n) is 5.53. The number of carbonyl (C=O) groups is 2. The van der Waals surface area contributed by atoms with Crippen LogP contribution in [-0.4, -0.2) is 103 Å². The standard InChI is InChI=1S/C36H40N2O8/c1-41-31-10-8-27(21-33(31)43-3)29(23-35(39)37-12-16-45-17-13-37)25-6-5-7-26(20-25)30(24-36(40)38-14-18-46-19-15-38)28-9-11-32(42-2)34(22-28)44-4/h5-11,20-24H,12-19H2,1-4H3. The Hall–Kier alpha value is -4.80. The molecule has 0 unspecified atom stereocenters. The lowest BCUT2D eigenvalue weighted by Crippen LogP contribution is -2.40. The second kappa shape index (κ2) is 15.5. The highest BCUT2D eigenvalue weighted by molar-refractivity contribution is 6.02. The zero-order valence-corrected chi connectivity index (χ0v) is 26.7. The maximum Gasteiger partial charge on any atom is 0.247 e. The van der Waals surface area contributed by atoms with Crippen LogP contribution < -0.4 is 18.9 Å². The molecule has 10 heteroatoms. The van der Waals surface area contributed by atoms with Gasteiger partial charge in [-0.3, -0.25) is 9.59 Å². The molecule has 2 aliphatic rings. The van der Waals surface area contributed by atoms with Crippen molar-refractivity contribution in [2.24, 2.45) is 0 Å². The van der Waals surface area contributed by atoms with E-state index in [1.807, 2.05) is 60.7 Å². The van der Waals surface area contributed by atoms with E-state index in [4.69, 9.17) is 28.4 Å². The molecule has 2 fully saturated rings. The second-order valence-electron chi connectivity index (χ2n) is 10.7. The topological polar surface area (TPSA) is 96.0 Å². The van der Waals surface area contributed by atoms with Crippen LogP contribution in [0, 0.1) is 0 Å². The van der Waals surface area contributed by atoms with Crippen LogP contribution in [0.3, 0.4) is 0 Å². The van der Waals surface area contributed by atoms with E-state index in [-0.39, 0.29) is 11.8 Å². The van der Waals surface area contributed by atoms with Gasteiger partial charge < -0.3 is 38.2 Å². The highest BCUT2D eigenvalue weighted by Gasteiger charge is 2.21. The first kappa shape index (κ1) is 32.6. The normalized spacial score (nSPS) is 15.7. The van der Waals surface area contributed by atoms with Gasteiger partial charge in [-0.1, -0.05) is 30.3 Å². The minimum Gasteiger partial charge on any atom is -0.493 e. The van der Waals surface area contributed by atoms with Crippen molar-refractivity contribution in [2.75, 3.05) is 81.0 Å². The van der Waals surface area contributed by atoms with Crippen molar-refractivity contribution in [1.29, 1.82) is 0 Å². The molecule has 2 saturated heterocycles. The van der Waals surface area contributed by atoms with Gasteiger partial charge >= 0.3 is 0 Å². The van der Waals surface area contributed by atoms with Gasteiger partial charge in [0.15, 0.2) is 23.0 Å². The fourth-order valence-corrected chi connectivity index (χ4v) is 5.53. The van der Waals surface area contributed by atoms with Crippen molar-refractivity contribution >= 4 is 23.0 Å². The SMILES string of the molecule is COc1ccc(C(=CC(=O)N2CCOCC2)c2cccc(C(=CC(=O)N3CCOCC3)c3ccc(OC)c(OC)c3)c2)cc1OC. The van der Waals surface area contributed by atoms with E-state index in [1.54, 1.807) is 50.4 Å². The smallest absolute Gasteiger partial charge is 0.247 e. The molecule has 0 aromatic heterocycles. The average molecular weight is 629 g/mol. The van der Waals surface area contributed by atoms with Gasteiger partial charge in [0, 0.05) is 38.3 Å². The predicted octanol–water partition coefficient (Wildman–Crippen LogP) is 4.30. The number of hydrogen-bond donors (Lipinski definition) is 0. The molecule has 242 valence electrons. The van der Waals surface area contributed by atoms with E-state index < -0.39 is 0 Å². The van der Waals surface area contributed by atoms with Crippen molar-refractivity contribution in [3.05, 3.63) is 95.1 Å². The van der Waals surface area contributed by atoms with E-state index in [0.717, 1.165) is 22.3 Å². The van der Waals surface area contributed by atoms with Crippen molar-refractivity contribution in [1.82, 2.24) is 9.80 Å². The summed E-state index contributed by atoms with van der Waals surface area (Å²) in [5, 5.41) is 0. The lowest BCUT2D eigenvalue weighted by Gasteiger charge is -2.26. The average Bonchev–Trinajstić information content (AvgIpc) is 3.12. The zero-order chi connectivity index (χ0) is 32.5. The molecule has 0 spiro atoms. The molecule has 2 heterocycles. The summed E-state index contributed by atoms with van der Waals surface area (Å²) >= 11 is 0. The molecule has 3 aromatic rings. The highest BCUT2D eigenvalue weighted by Crippen LogP contribution is 2.36. The quantitative estimate of drug-likeness (QED) is 0.307. The van der Waals surface area contributed by atoms with E-state index >= 15 is 0 Å². The molecule has 0 N–H and O–H groups in total. The Bertz CT molecular complexity index is 1490. The summed E-state index contributed by atoms with van der Waals surface area (Å²) in [7, 11) is 6.33. The van der Waals surface area contributed by atoms with Crippen LogP contribution in [0.4, 0.5) is 0 Å². The van der Waals surface area contributed by atoms with Crippen LogP contribution in [0.5, 0.6) is 23.0 Å². The molecule has 0 saturated carbocycles. The number of hydrogen-bond acceptors (Lipinski definition) is 8. The molecule has 46 heavy (non-hydrogen) atoms. The van der Waals surface area contributed by atoms with E-state index in [9.17, 15) is 9.59 Å². The van der Waals surface area contributed by atoms with Crippen molar-refractivity contribution in [3.63, 3.8) is 0 Å². The van der Waals surface area contributed by atoms with Crippen LogP contribution in [0.2, 0.25) is 0 Å². The Balaban J connectivity index is 1.63. The number of benzene rings is 3. The third-order valence-corrected chi connectivity index (χ3v) is 8.05. The molecule has 0 aliphatic carbocycles. The molecule has 0 radical (unpaired) electrons. The number of amides is 2. The van der Waals surface area contributed by atoms with Crippen molar-refractivity contribution in [2.45, 2.75) is 0 Å². The lowest BCUT2D eigenvalue weighted by molar-refractivity contribution is -0.130. The Labute approximate surface area is 269 Å². The van der Waals surface area contributed by atoms with Crippen molar-refractivity contribution in [3.8, 4) is 23.0 Å². The summed E-state index contributed by atoms with van der Waals surface area (Å²) in [5.41, 5.74) is 4.53. The highest BCUT2D eigenvalue weighted by atomic mass is 16.5. The zero-order valence-electron chi connectivity index (χ0n) is 26.7. The van der Waals surface area contributed by atoms with Gasteiger partial charge in [0.2, 0.25) is 11.8 Å². The molecule has 2 amide bonds. The Morgan fingerprint density at radius 2 is 0.913 bits per heavy atom. The minimum absolute atomic E-state index is 0.114. The molecule has 5 rings (SSSR count). The van der Waals surface area contributed by atoms with Gasteiger partial charge in [-0.15, -0.1) is 0 Å². The summed E-state index contributed by atoms with van der Waals surface area (Å²) in [4.78, 5) is 30.7. The summed E-state index contributed by atoms with van der Waals surface area (Å²) in [6.07, 6.45) is 3.31. The Kier molecular flexibility index (Phi) is 11.0. The summed E-state index contributed by atoms with van der Waals surface area (Å²) in [5.74, 6) is 2.03. The van der Waals surface area contributed by atoms with Crippen molar-refractivity contribution < 1.29 is 38.0 Å². The number of methoxy groups -OCH3 is 4. The Morgan fingerprint density at radius 3 is 1.28 bits per heavy atom. The van der Waals surface area contributed by atoms with Gasteiger partial charge in [-0.2, -0.15) is 0 Å². The largest absolute Gasteiger partial charge is 0.493 e. The third kappa shape index (κ3) is 7.52. The number of morpholine rings is 2. The summed E-state index contributed by atoms with van der Waals surface area (Å²) in [6, 6.07) is 19.0. The minimum atomic E-state index is -0.114. The lowest BCUT2D eigenvalue weighted by atomic mass is 9.91. The third-order valence-electron chi connectivity index (χ3n) is 8.05. The van der Waals surface area contributed by atoms with Gasteiger partial charge in [0.05, 0.1) is 54.9 Å². The first-order chi connectivity index (χ1) is 22.4. The Morgan fingerprint density at radius 1 is 0.543 bits per heavy atom. The maximum atomic E-state index is 13.6. The number of nitrogens with zero attached hydrogens (tertiary/aromatic N) is 2. The predicted molar refractivity (Wildman–Crippen MR) is 174 cm³/mol. The van der Waals surface area contributed by atoms with Gasteiger partial charge in [0.1, 0.15) is 0 Å². The monoisotopic (exact) mass is 628 g/mol. The summed E-state index contributed by atoms with van der Waals surface area (Å²) in [6.45, 7) is 4.06. The maximum absolute atomic E-state index is 13.6. The summed E-state index contributed by atoms with van der Waals surface area (Å²) < 4.78 is 33.1. The van der Waals surface area contributed by atoms with E-state index in [2.05, 4.69) is 0 Å². The van der Waals surface area contributed by atoms with Crippen LogP contribution in [0.15, 0.2) is 72.8 Å². The van der Waals surface area contributed by atoms with Gasteiger partial charge in [-0.25, -0.2) is 0 Å². The van der Waals surface area contributed by atoms with Crippen LogP contribution in [0.1, 0.15) is 22.3 Å². The van der Waals surface area contributed by atoms with E-state index in [1.165, 1.54) is 0 Å². The number of rotatable bonds is 10. The second-order valence-corrected chi connectivity index (χ2v) is 10.7. The van der Waals surface area contributed by atoms with E-state index in [0.29, 0.717) is 86.8 Å². The first-order valence-electron chi connectivity index (χ1n) is 15.2. The number of carbonyl (C=O) groups excluding carboxylic acids is 2. The van der Waals surface area contributed by atoms with Crippen LogP contribution >= 0.6 is 0 Å². The van der Waals surface area contributed by atoms with Gasteiger partial charge in [-0.05, 0) is 63.7 Å². The molecule has 10 nitrogen and oxygen atoms in total. The van der Waals surface area contributed by atoms with Crippen LogP contribution in [0.25, 0.3) is 11.1 Å². The molecule has 2 aliphatic heterocycles. The first-order valence-corrected chi connectivity index (χ1v) is 15.2. The number of ether oxygens (including phenoxy) is 6. The molecule has 0 bridgehead atoms. The fraction of sp³-hybridized carbons (Fsp3) is 0.333. The van der Waals surface area contributed by atoms with Crippen LogP contribution in [-0.2, 0) is 19.1 Å². The molecule has 3 aromatic carbocycles.